The van der Waals surface area contributed by atoms with Gasteiger partial charge in [-0.15, -0.1) is 0 Å². The molecule has 0 aliphatic carbocycles. The van der Waals surface area contributed by atoms with Crippen molar-refractivity contribution in [2.24, 2.45) is 10.9 Å². The topological polar surface area (TPSA) is 42.9 Å². The van der Waals surface area contributed by atoms with E-state index in [0.717, 1.165) is 25.0 Å². The largest absolute Gasteiger partial charge is 0.357 e. The van der Waals surface area contributed by atoms with E-state index in [0.29, 0.717) is 6.04 Å². The van der Waals surface area contributed by atoms with E-state index in [-0.39, 0.29) is 0 Å². The summed E-state index contributed by atoms with van der Waals surface area (Å²) >= 11 is 0. The molecule has 23 heavy (non-hydrogen) atoms. The van der Waals surface area contributed by atoms with Crippen LogP contribution in [-0.4, -0.2) is 74.7 Å². The third kappa shape index (κ3) is 6.68. The van der Waals surface area contributed by atoms with Gasteiger partial charge in [-0.2, -0.15) is 0 Å². The smallest absolute Gasteiger partial charge is 0.191 e. The van der Waals surface area contributed by atoms with Crippen LogP contribution in [0, 0.1) is 5.92 Å². The normalized spacial score (nSPS) is 25.5. The minimum absolute atomic E-state index is 0.579. The Kier molecular flexibility index (Phi) is 8.17. The average Bonchev–Trinajstić information content (AvgIpc) is 2.55. The van der Waals surface area contributed by atoms with Gasteiger partial charge in [0.25, 0.3) is 0 Å². The maximum atomic E-state index is 4.88. The molecule has 0 aromatic rings. The molecule has 1 unspecified atom stereocenters. The van der Waals surface area contributed by atoms with Crippen LogP contribution in [0.3, 0.4) is 0 Å². The first-order valence-electron chi connectivity index (χ1n) is 9.67. The summed E-state index contributed by atoms with van der Waals surface area (Å²) in [6, 6.07) is 0.579. The van der Waals surface area contributed by atoms with Gasteiger partial charge < -0.3 is 20.4 Å². The molecular formula is C18H37N5. The third-order valence-corrected chi connectivity index (χ3v) is 5.04. The predicted molar refractivity (Wildman–Crippen MR) is 99.1 cm³/mol. The number of nitrogens with zero attached hydrogens (tertiary/aromatic N) is 3. The second kappa shape index (κ2) is 10.1. The van der Waals surface area contributed by atoms with E-state index in [2.05, 4.69) is 41.3 Å². The predicted octanol–water partition coefficient (Wildman–Crippen LogP) is 1.76. The summed E-state index contributed by atoms with van der Waals surface area (Å²) in [5, 5.41) is 7.10. The molecule has 134 valence electrons. The molecule has 0 bridgehead atoms. The molecule has 1 atom stereocenters. The van der Waals surface area contributed by atoms with E-state index < -0.39 is 0 Å². The van der Waals surface area contributed by atoms with Gasteiger partial charge in [0.1, 0.15) is 0 Å². The fourth-order valence-electron chi connectivity index (χ4n) is 3.77. The van der Waals surface area contributed by atoms with Crippen molar-refractivity contribution in [3.05, 3.63) is 0 Å². The van der Waals surface area contributed by atoms with Crippen LogP contribution < -0.4 is 10.6 Å². The summed E-state index contributed by atoms with van der Waals surface area (Å²) in [4.78, 5) is 9.90. The molecule has 0 saturated carbocycles. The van der Waals surface area contributed by atoms with Crippen molar-refractivity contribution in [3.63, 3.8) is 0 Å². The van der Waals surface area contributed by atoms with Crippen molar-refractivity contribution in [3.8, 4) is 0 Å². The van der Waals surface area contributed by atoms with Crippen LogP contribution in [-0.2, 0) is 0 Å². The van der Waals surface area contributed by atoms with Crippen molar-refractivity contribution in [1.29, 1.82) is 0 Å². The Hall–Kier alpha value is -0.810. The van der Waals surface area contributed by atoms with Crippen LogP contribution in [0.15, 0.2) is 4.99 Å². The van der Waals surface area contributed by atoms with E-state index in [1.807, 2.05) is 0 Å². The van der Waals surface area contributed by atoms with Crippen LogP contribution >= 0.6 is 0 Å². The lowest BCUT2D eigenvalue weighted by Gasteiger charge is -2.33. The van der Waals surface area contributed by atoms with Gasteiger partial charge >= 0.3 is 0 Å². The zero-order valence-electron chi connectivity index (χ0n) is 15.5. The zero-order chi connectivity index (χ0) is 16.5. The minimum atomic E-state index is 0.579. The summed E-state index contributed by atoms with van der Waals surface area (Å²) in [6.07, 6.45) is 6.37. The molecule has 2 saturated heterocycles. The van der Waals surface area contributed by atoms with Crippen LogP contribution in [0.2, 0.25) is 0 Å². The van der Waals surface area contributed by atoms with Gasteiger partial charge in [0.2, 0.25) is 0 Å². The summed E-state index contributed by atoms with van der Waals surface area (Å²) in [5.41, 5.74) is 0. The quantitative estimate of drug-likeness (QED) is 0.577. The van der Waals surface area contributed by atoms with Gasteiger partial charge in [-0.05, 0) is 65.1 Å². The van der Waals surface area contributed by atoms with E-state index >= 15 is 0 Å². The Balaban J connectivity index is 1.77. The van der Waals surface area contributed by atoms with Crippen molar-refractivity contribution < 1.29 is 0 Å². The molecule has 2 N–H and O–H groups in total. The van der Waals surface area contributed by atoms with Crippen LogP contribution in [0.4, 0.5) is 0 Å². The fraction of sp³-hybridized carbons (Fsp3) is 0.944. The highest BCUT2D eigenvalue weighted by Crippen LogP contribution is 2.15. The maximum Gasteiger partial charge on any atom is 0.191 e. The van der Waals surface area contributed by atoms with Crippen molar-refractivity contribution in [2.45, 2.75) is 52.0 Å². The molecule has 0 aromatic heterocycles. The minimum Gasteiger partial charge on any atom is -0.357 e. The average molecular weight is 324 g/mol. The molecule has 0 aromatic carbocycles. The zero-order valence-corrected chi connectivity index (χ0v) is 15.5. The Labute approximate surface area is 142 Å². The number of aliphatic imine (C=N–C) groups is 1. The van der Waals surface area contributed by atoms with E-state index in [4.69, 9.17) is 4.99 Å². The van der Waals surface area contributed by atoms with E-state index in [1.165, 1.54) is 64.8 Å². The summed E-state index contributed by atoms with van der Waals surface area (Å²) in [6.45, 7) is 12.4. The Morgan fingerprint density at radius 1 is 1.13 bits per heavy atom. The SMILES string of the molecule is CCCN1CCC(NC(=NCC2CCCN(C)C2)NCC)CC1. The van der Waals surface area contributed by atoms with Crippen LogP contribution in [0.5, 0.6) is 0 Å². The van der Waals surface area contributed by atoms with E-state index in [1.54, 1.807) is 0 Å². The van der Waals surface area contributed by atoms with Crippen molar-refractivity contribution in [1.82, 2.24) is 20.4 Å². The highest BCUT2D eigenvalue weighted by molar-refractivity contribution is 5.80. The molecule has 2 rings (SSSR count). The lowest BCUT2D eigenvalue weighted by molar-refractivity contribution is 0.205. The monoisotopic (exact) mass is 323 g/mol. The Morgan fingerprint density at radius 2 is 1.91 bits per heavy atom. The highest BCUT2D eigenvalue weighted by Gasteiger charge is 2.20. The molecule has 2 fully saturated rings. The number of likely N-dealkylation sites (tertiary alicyclic amines) is 2. The Morgan fingerprint density at radius 3 is 2.57 bits per heavy atom. The number of rotatable bonds is 6. The lowest BCUT2D eigenvalue weighted by Crippen LogP contribution is -2.49. The summed E-state index contributed by atoms with van der Waals surface area (Å²) < 4.78 is 0. The second-order valence-electron chi connectivity index (χ2n) is 7.25. The first-order valence-corrected chi connectivity index (χ1v) is 9.67. The second-order valence-corrected chi connectivity index (χ2v) is 7.25. The third-order valence-electron chi connectivity index (χ3n) is 5.04. The molecule has 2 aliphatic rings. The van der Waals surface area contributed by atoms with Gasteiger partial charge in [0.15, 0.2) is 5.96 Å². The standard InChI is InChI=1S/C18H37N5/c1-4-10-23-12-8-17(9-13-23)21-18(19-5-2)20-14-16-7-6-11-22(3)15-16/h16-17H,4-15H2,1-3H3,(H2,19,20,21). The number of hydrogen-bond acceptors (Lipinski definition) is 3. The Bertz CT molecular complexity index is 349. The van der Waals surface area contributed by atoms with Gasteiger partial charge in [0.05, 0.1) is 0 Å². The number of nitrogens with one attached hydrogen (secondary N) is 2. The first-order chi connectivity index (χ1) is 11.2. The highest BCUT2D eigenvalue weighted by atomic mass is 15.2. The summed E-state index contributed by atoms with van der Waals surface area (Å²) in [7, 11) is 2.23. The van der Waals surface area contributed by atoms with Crippen molar-refractivity contribution in [2.75, 3.05) is 52.9 Å². The van der Waals surface area contributed by atoms with Gasteiger partial charge in [-0.1, -0.05) is 6.92 Å². The molecular weight excluding hydrogens is 286 g/mol. The molecule has 5 nitrogen and oxygen atoms in total. The summed E-state index contributed by atoms with van der Waals surface area (Å²) in [5.74, 6) is 1.74. The lowest BCUT2D eigenvalue weighted by atomic mass is 9.99. The van der Waals surface area contributed by atoms with Gasteiger partial charge in [-0.3, -0.25) is 4.99 Å². The van der Waals surface area contributed by atoms with Crippen molar-refractivity contribution >= 4 is 5.96 Å². The number of piperidine rings is 2. The van der Waals surface area contributed by atoms with Gasteiger partial charge in [0, 0.05) is 38.8 Å². The maximum absolute atomic E-state index is 4.88. The van der Waals surface area contributed by atoms with E-state index in [9.17, 15) is 0 Å². The number of guanidine groups is 1. The molecule has 0 spiro atoms. The van der Waals surface area contributed by atoms with Crippen LogP contribution in [0.1, 0.15) is 46.0 Å². The first kappa shape index (κ1) is 18.5. The molecule has 5 heteroatoms. The molecule has 0 amide bonds. The van der Waals surface area contributed by atoms with Crippen LogP contribution in [0.25, 0.3) is 0 Å². The molecule has 0 radical (unpaired) electrons. The fourth-order valence-corrected chi connectivity index (χ4v) is 3.77. The number of hydrogen-bond donors (Lipinski definition) is 2. The molecule has 2 aliphatic heterocycles. The van der Waals surface area contributed by atoms with Gasteiger partial charge in [-0.25, -0.2) is 0 Å². The molecule has 2 heterocycles.